The van der Waals surface area contributed by atoms with Crippen molar-refractivity contribution in [3.05, 3.63) is 58.4 Å². The van der Waals surface area contributed by atoms with Crippen molar-refractivity contribution in [2.24, 2.45) is 0 Å². The zero-order chi connectivity index (χ0) is 18.7. The van der Waals surface area contributed by atoms with Crippen molar-refractivity contribution in [2.45, 2.75) is 32.2 Å². The van der Waals surface area contributed by atoms with Gasteiger partial charge in [0, 0.05) is 13.0 Å². The van der Waals surface area contributed by atoms with E-state index in [-0.39, 0.29) is 18.3 Å². The molecule has 3 rings (SSSR count). The number of hydrogen-bond acceptors (Lipinski definition) is 3. The molecule has 0 saturated heterocycles. The minimum atomic E-state index is -0.864. The molecular weight excluding hydrogens is 357 g/mol. The van der Waals surface area contributed by atoms with Crippen LogP contribution in [-0.4, -0.2) is 19.1 Å². The summed E-state index contributed by atoms with van der Waals surface area (Å²) in [5, 5.41) is 3.35. The first kappa shape index (κ1) is 18.5. The van der Waals surface area contributed by atoms with Crippen LogP contribution in [0.4, 0.5) is 4.39 Å². The third-order valence-electron chi connectivity index (χ3n) is 4.43. The molecule has 0 aromatic heterocycles. The molecule has 138 valence electrons. The molecule has 2 aromatic rings. The van der Waals surface area contributed by atoms with E-state index in [0.29, 0.717) is 35.3 Å². The molecule has 1 N–H and O–H groups in total. The van der Waals surface area contributed by atoms with Crippen LogP contribution < -0.4 is 14.8 Å². The van der Waals surface area contributed by atoms with Gasteiger partial charge in [-0.3, -0.25) is 4.79 Å². The van der Waals surface area contributed by atoms with Crippen LogP contribution in [0, 0.1) is 5.82 Å². The Balaban J connectivity index is 1.73. The zero-order valence-electron chi connectivity index (χ0n) is 14.8. The van der Waals surface area contributed by atoms with E-state index in [4.69, 9.17) is 21.1 Å². The molecule has 4 nitrogen and oxygen atoms in total. The maximum absolute atomic E-state index is 13.5. The van der Waals surface area contributed by atoms with E-state index < -0.39 is 5.41 Å². The van der Waals surface area contributed by atoms with Gasteiger partial charge in [0.05, 0.1) is 23.7 Å². The Bertz CT molecular complexity index is 823. The Kier molecular flexibility index (Phi) is 5.37. The first-order valence-corrected chi connectivity index (χ1v) is 8.88. The van der Waals surface area contributed by atoms with E-state index in [9.17, 15) is 9.18 Å². The Labute approximate surface area is 157 Å². The van der Waals surface area contributed by atoms with Crippen LogP contribution >= 0.6 is 11.6 Å². The summed E-state index contributed by atoms with van der Waals surface area (Å²) in [4.78, 5) is 12.7. The van der Waals surface area contributed by atoms with Gasteiger partial charge in [-0.25, -0.2) is 4.39 Å². The molecule has 1 amide bonds. The lowest BCUT2D eigenvalue weighted by molar-refractivity contribution is -0.125. The molecule has 0 fully saturated rings. The number of amides is 1. The predicted molar refractivity (Wildman–Crippen MR) is 98.3 cm³/mol. The summed E-state index contributed by atoms with van der Waals surface area (Å²) in [7, 11) is 0. The lowest BCUT2D eigenvalue weighted by Crippen LogP contribution is -2.39. The van der Waals surface area contributed by atoms with E-state index in [2.05, 4.69) is 5.32 Å². The topological polar surface area (TPSA) is 47.6 Å². The molecule has 26 heavy (non-hydrogen) atoms. The van der Waals surface area contributed by atoms with Gasteiger partial charge in [-0.15, -0.1) is 0 Å². The fourth-order valence-corrected chi connectivity index (χ4v) is 3.09. The second-order valence-electron chi connectivity index (χ2n) is 6.77. The molecular formula is C20H21ClFNO3. The molecule has 1 aliphatic heterocycles. The Morgan fingerprint density at radius 1 is 1.23 bits per heavy atom. The van der Waals surface area contributed by atoms with Gasteiger partial charge in [0.25, 0.3) is 0 Å². The van der Waals surface area contributed by atoms with E-state index in [1.165, 1.54) is 12.1 Å². The molecule has 1 aliphatic rings. The van der Waals surface area contributed by atoms with Crippen molar-refractivity contribution in [3.63, 3.8) is 0 Å². The smallest absolute Gasteiger partial charge is 0.230 e. The molecule has 0 bridgehead atoms. The van der Waals surface area contributed by atoms with Gasteiger partial charge in [-0.05, 0) is 49.2 Å². The molecule has 0 spiro atoms. The largest absolute Gasteiger partial charge is 0.489 e. The van der Waals surface area contributed by atoms with E-state index in [1.807, 2.05) is 6.07 Å². The van der Waals surface area contributed by atoms with E-state index in [1.54, 1.807) is 32.0 Å². The summed E-state index contributed by atoms with van der Waals surface area (Å²) in [5.74, 6) is 0.562. The van der Waals surface area contributed by atoms with Gasteiger partial charge in [0.1, 0.15) is 5.82 Å². The number of fused-ring (bicyclic) bond motifs is 1. The van der Waals surface area contributed by atoms with E-state index >= 15 is 0 Å². The number of carbonyl (C=O) groups is 1. The van der Waals surface area contributed by atoms with Crippen LogP contribution in [0.2, 0.25) is 5.02 Å². The first-order valence-electron chi connectivity index (χ1n) is 8.50. The highest BCUT2D eigenvalue weighted by Crippen LogP contribution is 2.38. The lowest BCUT2D eigenvalue weighted by Gasteiger charge is -2.24. The maximum atomic E-state index is 13.5. The summed E-state index contributed by atoms with van der Waals surface area (Å²) in [6.07, 6.45) is 0.791. The Morgan fingerprint density at radius 3 is 2.77 bits per heavy atom. The molecule has 0 aliphatic carbocycles. The van der Waals surface area contributed by atoms with Gasteiger partial charge >= 0.3 is 0 Å². The minimum absolute atomic E-state index is 0.202. The highest BCUT2D eigenvalue weighted by atomic mass is 35.5. The number of halogens is 2. The van der Waals surface area contributed by atoms with Gasteiger partial charge in [0.15, 0.2) is 11.5 Å². The normalized spacial score (nSPS) is 13.8. The van der Waals surface area contributed by atoms with Crippen molar-refractivity contribution in [2.75, 3.05) is 13.2 Å². The summed E-state index contributed by atoms with van der Waals surface area (Å²) in [6.45, 7) is 4.93. The Morgan fingerprint density at radius 2 is 2.00 bits per heavy atom. The van der Waals surface area contributed by atoms with Crippen LogP contribution in [-0.2, 0) is 16.8 Å². The van der Waals surface area contributed by atoms with E-state index in [0.717, 1.165) is 12.0 Å². The fraction of sp³-hybridized carbons (Fsp3) is 0.350. The third kappa shape index (κ3) is 3.93. The van der Waals surface area contributed by atoms with Gasteiger partial charge in [0.2, 0.25) is 5.91 Å². The Hall–Kier alpha value is -2.27. The summed E-state index contributed by atoms with van der Waals surface area (Å²) in [5.41, 5.74) is 0.561. The predicted octanol–water partition coefficient (Wildman–Crippen LogP) is 4.23. The van der Waals surface area contributed by atoms with Crippen molar-refractivity contribution >= 4 is 17.5 Å². The number of nitrogens with one attached hydrogen (secondary N) is 1. The molecule has 6 heteroatoms. The van der Waals surface area contributed by atoms with Crippen LogP contribution in [0.5, 0.6) is 11.5 Å². The SMILES string of the molecule is CC(C)(C(=O)NCc1cc(Cl)c2c(c1)OCCCO2)c1cccc(F)c1. The fourth-order valence-electron chi connectivity index (χ4n) is 2.80. The molecule has 0 atom stereocenters. The van der Waals surface area contributed by atoms with Crippen LogP contribution in [0.3, 0.4) is 0 Å². The summed E-state index contributed by atoms with van der Waals surface area (Å²) < 4.78 is 24.7. The zero-order valence-corrected chi connectivity index (χ0v) is 15.5. The average molecular weight is 378 g/mol. The minimum Gasteiger partial charge on any atom is -0.489 e. The highest BCUT2D eigenvalue weighted by molar-refractivity contribution is 6.32. The van der Waals surface area contributed by atoms with Crippen molar-refractivity contribution < 1.29 is 18.7 Å². The number of hydrogen-bond donors (Lipinski definition) is 1. The van der Waals surface area contributed by atoms with Gasteiger partial charge in [-0.1, -0.05) is 23.7 Å². The third-order valence-corrected chi connectivity index (χ3v) is 4.71. The molecule has 2 aromatic carbocycles. The van der Waals surface area contributed by atoms with Gasteiger partial charge in [-0.2, -0.15) is 0 Å². The van der Waals surface area contributed by atoms with Crippen LogP contribution in [0.1, 0.15) is 31.4 Å². The standard InChI is InChI=1S/C20H21ClFNO3/c1-20(2,14-5-3-6-15(22)11-14)19(24)23-12-13-9-16(21)18-17(10-13)25-7-4-8-26-18/h3,5-6,9-11H,4,7-8,12H2,1-2H3,(H,23,24). The van der Waals surface area contributed by atoms with Crippen LogP contribution in [0.25, 0.3) is 0 Å². The van der Waals surface area contributed by atoms with Crippen molar-refractivity contribution in [3.8, 4) is 11.5 Å². The highest BCUT2D eigenvalue weighted by Gasteiger charge is 2.30. The van der Waals surface area contributed by atoms with Crippen LogP contribution in [0.15, 0.2) is 36.4 Å². The quantitative estimate of drug-likeness (QED) is 0.867. The number of benzene rings is 2. The van der Waals surface area contributed by atoms with Crippen molar-refractivity contribution in [1.82, 2.24) is 5.32 Å². The van der Waals surface area contributed by atoms with Gasteiger partial charge < -0.3 is 14.8 Å². The maximum Gasteiger partial charge on any atom is 0.230 e. The summed E-state index contributed by atoms with van der Waals surface area (Å²) >= 11 is 6.28. The molecule has 0 radical (unpaired) electrons. The second kappa shape index (κ2) is 7.54. The molecule has 0 unspecified atom stereocenters. The number of carbonyl (C=O) groups excluding carboxylic acids is 1. The first-order chi connectivity index (χ1) is 12.4. The second-order valence-corrected chi connectivity index (χ2v) is 7.18. The molecule has 0 saturated carbocycles. The monoisotopic (exact) mass is 377 g/mol. The lowest BCUT2D eigenvalue weighted by atomic mass is 9.83. The van der Waals surface area contributed by atoms with Crippen molar-refractivity contribution in [1.29, 1.82) is 0 Å². The average Bonchev–Trinajstić information content (AvgIpc) is 2.85. The number of ether oxygens (including phenoxy) is 2. The molecule has 1 heterocycles. The number of rotatable bonds is 4. The summed E-state index contributed by atoms with van der Waals surface area (Å²) in [6, 6.07) is 9.66.